The Bertz CT molecular complexity index is 1340. The highest BCUT2D eigenvalue weighted by Crippen LogP contribution is 2.23. The molecule has 2 aromatic heterocycles. The number of nitrogens with zero attached hydrogens (tertiary/aromatic N) is 2. The van der Waals surface area contributed by atoms with E-state index in [1.165, 1.54) is 4.68 Å². The molecule has 170 valence electrons. The highest BCUT2D eigenvalue weighted by atomic mass is 35.5. The molecule has 0 fully saturated rings. The van der Waals surface area contributed by atoms with Gasteiger partial charge in [-0.3, -0.25) is 14.7 Å². The van der Waals surface area contributed by atoms with Gasteiger partial charge in [-0.25, -0.2) is 4.98 Å². The second kappa shape index (κ2) is 9.64. The number of hydrogen-bond acceptors (Lipinski definition) is 5. The average Bonchev–Trinajstić information content (AvgIpc) is 3.31. The van der Waals surface area contributed by atoms with Gasteiger partial charge in [0, 0.05) is 28.4 Å². The van der Waals surface area contributed by atoms with E-state index in [9.17, 15) is 9.59 Å². The Labute approximate surface area is 200 Å². The lowest BCUT2D eigenvalue weighted by Crippen LogP contribution is -2.17. The number of nitrogens with one attached hydrogen (secondary N) is 2. The van der Waals surface area contributed by atoms with Crippen LogP contribution in [0, 0.1) is 13.8 Å². The summed E-state index contributed by atoms with van der Waals surface area (Å²) in [6.07, 6.45) is 0.473. The second-order valence-corrected chi connectivity index (χ2v) is 8.90. The summed E-state index contributed by atoms with van der Waals surface area (Å²) < 4.78 is 6.82. The minimum atomic E-state index is -0.280. The lowest BCUT2D eigenvalue weighted by Gasteiger charge is -2.06. The first-order valence-electron chi connectivity index (χ1n) is 10.4. The van der Waals surface area contributed by atoms with E-state index in [1.54, 1.807) is 43.3 Å². The SMILES string of the molecule is CCOc1ccc(NC(=O)c2sc(-n3[nH]c(C)c(Cc4ccc(Cl)cc4)c3=O)nc2C)cc1. The van der Waals surface area contributed by atoms with E-state index in [0.29, 0.717) is 45.0 Å². The van der Waals surface area contributed by atoms with Crippen LogP contribution in [-0.4, -0.2) is 27.3 Å². The van der Waals surface area contributed by atoms with Gasteiger partial charge >= 0.3 is 0 Å². The number of carbonyl (C=O) groups is 1. The van der Waals surface area contributed by atoms with Gasteiger partial charge in [0.15, 0.2) is 0 Å². The Morgan fingerprint density at radius 2 is 1.85 bits per heavy atom. The zero-order valence-corrected chi connectivity index (χ0v) is 20.0. The number of ether oxygens (including phenoxy) is 1. The molecular formula is C24H23ClN4O3S. The number of amides is 1. The lowest BCUT2D eigenvalue weighted by molar-refractivity contribution is 0.103. The third-order valence-corrected chi connectivity index (χ3v) is 6.49. The van der Waals surface area contributed by atoms with Crippen LogP contribution in [0.4, 0.5) is 5.69 Å². The summed E-state index contributed by atoms with van der Waals surface area (Å²) in [5, 5.41) is 7.02. The van der Waals surface area contributed by atoms with Crippen molar-refractivity contribution in [2.45, 2.75) is 27.2 Å². The standard InChI is InChI=1S/C24H23ClN4O3S/c1-4-32-19-11-9-18(10-12-19)27-22(30)21-15(3)26-24(33-21)29-23(31)20(14(2)28-29)13-16-5-7-17(25)8-6-16/h5-12,28H,4,13H2,1-3H3,(H,27,30). The molecule has 0 aliphatic carbocycles. The quantitative estimate of drug-likeness (QED) is 0.382. The minimum absolute atomic E-state index is 0.185. The number of carbonyl (C=O) groups excluding carboxylic acids is 1. The molecule has 1 amide bonds. The number of aryl methyl sites for hydroxylation is 2. The van der Waals surface area contributed by atoms with Gasteiger partial charge in [-0.15, -0.1) is 0 Å². The lowest BCUT2D eigenvalue weighted by atomic mass is 10.1. The molecular weight excluding hydrogens is 460 g/mol. The fourth-order valence-corrected chi connectivity index (χ4v) is 4.46. The maximum Gasteiger partial charge on any atom is 0.277 e. The number of rotatable bonds is 7. The Kier molecular flexibility index (Phi) is 6.67. The van der Waals surface area contributed by atoms with E-state index >= 15 is 0 Å². The van der Waals surface area contributed by atoms with Crippen molar-refractivity contribution in [2.75, 3.05) is 11.9 Å². The van der Waals surface area contributed by atoms with Gasteiger partial charge in [-0.05, 0) is 62.7 Å². The number of anilines is 1. The molecule has 0 spiro atoms. The fraction of sp³-hybridized carbons (Fsp3) is 0.208. The van der Waals surface area contributed by atoms with Crippen LogP contribution in [0.2, 0.25) is 5.02 Å². The molecule has 0 saturated heterocycles. The molecule has 33 heavy (non-hydrogen) atoms. The number of aromatic amines is 1. The van der Waals surface area contributed by atoms with Crippen molar-refractivity contribution < 1.29 is 9.53 Å². The fourth-order valence-electron chi connectivity index (χ4n) is 3.41. The summed E-state index contributed by atoms with van der Waals surface area (Å²) in [7, 11) is 0. The molecule has 0 radical (unpaired) electrons. The van der Waals surface area contributed by atoms with Crippen molar-refractivity contribution in [3.8, 4) is 10.9 Å². The number of aromatic nitrogens is 3. The molecule has 0 aliphatic rings. The van der Waals surface area contributed by atoms with Gasteiger partial charge in [0.25, 0.3) is 11.5 Å². The number of halogens is 1. The van der Waals surface area contributed by atoms with Crippen LogP contribution >= 0.6 is 22.9 Å². The Morgan fingerprint density at radius 3 is 2.52 bits per heavy atom. The molecule has 2 heterocycles. The van der Waals surface area contributed by atoms with E-state index in [4.69, 9.17) is 16.3 Å². The molecule has 2 N–H and O–H groups in total. The smallest absolute Gasteiger partial charge is 0.277 e. The van der Waals surface area contributed by atoms with Gasteiger partial charge < -0.3 is 10.1 Å². The zero-order chi connectivity index (χ0) is 23.5. The summed E-state index contributed by atoms with van der Waals surface area (Å²) in [5.41, 5.74) is 3.40. The highest BCUT2D eigenvalue weighted by molar-refractivity contribution is 7.16. The van der Waals surface area contributed by atoms with Gasteiger partial charge in [0.2, 0.25) is 5.13 Å². The van der Waals surface area contributed by atoms with Crippen molar-refractivity contribution in [2.24, 2.45) is 0 Å². The molecule has 2 aromatic carbocycles. The van der Waals surface area contributed by atoms with Crippen LogP contribution in [0.25, 0.3) is 5.13 Å². The molecule has 7 nitrogen and oxygen atoms in total. The Balaban J connectivity index is 1.56. The van der Waals surface area contributed by atoms with Crippen LogP contribution in [0.1, 0.15) is 39.1 Å². The van der Waals surface area contributed by atoms with Crippen molar-refractivity contribution in [3.05, 3.63) is 91.3 Å². The average molecular weight is 483 g/mol. The van der Waals surface area contributed by atoms with Crippen molar-refractivity contribution in [3.63, 3.8) is 0 Å². The Hall–Kier alpha value is -3.36. The van der Waals surface area contributed by atoms with Crippen LogP contribution in [0.15, 0.2) is 53.3 Å². The van der Waals surface area contributed by atoms with Crippen molar-refractivity contribution in [1.82, 2.24) is 14.8 Å². The number of hydrogen-bond donors (Lipinski definition) is 2. The first-order chi connectivity index (χ1) is 15.9. The van der Waals surface area contributed by atoms with E-state index in [2.05, 4.69) is 15.4 Å². The third kappa shape index (κ3) is 5.02. The molecule has 0 atom stereocenters. The largest absolute Gasteiger partial charge is 0.494 e. The molecule has 4 aromatic rings. The maximum atomic E-state index is 13.1. The first-order valence-corrected chi connectivity index (χ1v) is 11.6. The van der Waals surface area contributed by atoms with Crippen molar-refractivity contribution >= 4 is 34.5 Å². The predicted octanol–water partition coefficient (Wildman–Crippen LogP) is 5.13. The number of thiazole rings is 1. The van der Waals surface area contributed by atoms with Crippen LogP contribution in [0.5, 0.6) is 5.75 Å². The number of H-pyrrole nitrogens is 1. The van der Waals surface area contributed by atoms with E-state index in [-0.39, 0.29) is 11.5 Å². The minimum Gasteiger partial charge on any atom is -0.494 e. The monoisotopic (exact) mass is 482 g/mol. The first kappa shape index (κ1) is 22.8. The van der Waals surface area contributed by atoms with Gasteiger partial charge in [-0.1, -0.05) is 35.1 Å². The maximum absolute atomic E-state index is 13.1. The molecule has 9 heteroatoms. The van der Waals surface area contributed by atoms with Gasteiger partial charge in [-0.2, -0.15) is 4.68 Å². The topological polar surface area (TPSA) is 89.0 Å². The van der Waals surface area contributed by atoms with Gasteiger partial charge in [0.1, 0.15) is 10.6 Å². The second-order valence-electron chi connectivity index (χ2n) is 7.48. The number of benzene rings is 2. The van der Waals surface area contributed by atoms with Gasteiger partial charge in [0.05, 0.1) is 12.3 Å². The molecule has 0 aliphatic heterocycles. The third-order valence-electron chi connectivity index (χ3n) is 5.09. The van der Waals surface area contributed by atoms with Crippen LogP contribution < -0.4 is 15.6 Å². The zero-order valence-electron chi connectivity index (χ0n) is 18.4. The van der Waals surface area contributed by atoms with E-state index in [0.717, 1.165) is 28.3 Å². The summed E-state index contributed by atoms with van der Waals surface area (Å²) in [4.78, 5) is 30.8. The molecule has 4 rings (SSSR count). The molecule has 0 saturated carbocycles. The normalized spacial score (nSPS) is 10.9. The van der Waals surface area contributed by atoms with E-state index < -0.39 is 0 Å². The van der Waals surface area contributed by atoms with Crippen LogP contribution in [0.3, 0.4) is 0 Å². The molecule has 0 bridgehead atoms. The summed E-state index contributed by atoms with van der Waals surface area (Å²) in [6.45, 7) is 6.09. The predicted molar refractivity (Wildman–Crippen MR) is 131 cm³/mol. The summed E-state index contributed by atoms with van der Waals surface area (Å²) in [6, 6.07) is 14.6. The highest BCUT2D eigenvalue weighted by Gasteiger charge is 2.20. The summed E-state index contributed by atoms with van der Waals surface area (Å²) in [5.74, 6) is 0.459. The van der Waals surface area contributed by atoms with Crippen LogP contribution in [-0.2, 0) is 6.42 Å². The Morgan fingerprint density at radius 1 is 1.15 bits per heavy atom. The summed E-state index contributed by atoms with van der Waals surface area (Å²) >= 11 is 7.12. The van der Waals surface area contributed by atoms with Crippen molar-refractivity contribution in [1.29, 1.82) is 0 Å². The van der Waals surface area contributed by atoms with E-state index in [1.807, 2.05) is 26.0 Å². The molecule has 0 unspecified atom stereocenters.